The average molecular weight is 250 g/mol. The first-order valence-corrected chi connectivity index (χ1v) is 5.78. The largest absolute Gasteiger partial charge is 0.394 e. The van der Waals surface area contributed by atoms with Crippen LogP contribution >= 0.6 is 0 Å². The van der Waals surface area contributed by atoms with Crippen molar-refractivity contribution in [2.45, 2.75) is 19.5 Å². The molecule has 18 heavy (non-hydrogen) atoms. The third kappa shape index (κ3) is 5.07. The van der Waals surface area contributed by atoms with Crippen LogP contribution in [-0.2, 0) is 16.1 Å². The van der Waals surface area contributed by atoms with E-state index in [4.69, 9.17) is 5.11 Å². The summed E-state index contributed by atoms with van der Waals surface area (Å²) in [4.78, 5) is 22.5. The zero-order valence-electron chi connectivity index (χ0n) is 10.3. The van der Waals surface area contributed by atoms with Gasteiger partial charge in [-0.2, -0.15) is 0 Å². The van der Waals surface area contributed by atoms with Gasteiger partial charge in [0.05, 0.1) is 13.2 Å². The van der Waals surface area contributed by atoms with Crippen molar-refractivity contribution in [3.63, 3.8) is 0 Å². The average Bonchev–Trinajstić information content (AvgIpc) is 2.36. The van der Waals surface area contributed by atoms with Crippen LogP contribution in [-0.4, -0.2) is 36.0 Å². The molecule has 5 heteroatoms. The van der Waals surface area contributed by atoms with Gasteiger partial charge in [0.1, 0.15) is 6.04 Å². The van der Waals surface area contributed by atoms with E-state index in [-0.39, 0.29) is 24.8 Å². The molecule has 1 rings (SSSR count). The van der Waals surface area contributed by atoms with Crippen molar-refractivity contribution in [2.24, 2.45) is 0 Å². The van der Waals surface area contributed by atoms with E-state index in [2.05, 4.69) is 10.6 Å². The van der Waals surface area contributed by atoms with Crippen LogP contribution in [0.25, 0.3) is 0 Å². The molecule has 1 aromatic rings. The third-order valence-electron chi connectivity index (χ3n) is 2.42. The monoisotopic (exact) mass is 250 g/mol. The fourth-order valence-corrected chi connectivity index (χ4v) is 1.52. The number of carbonyl (C=O) groups is 2. The Morgan fingerprint density at radius 2 is 1.94 bits per heavy atom. The summed E-state index contributed by atoms with van der Waals surface area (Å²) in [6.07, 6.45) is 0. The minimum atomic E-state index is -0.828. The molecule has 0 saturated carbocycles. The summed E-state index contributed by atoms with van der Waals surface area (Å²) in [6, 6.07) is 8.85. The summed E-state index contributed by atoms with van der Waals surface area (Å²) in [6.45, 7) is 1.62. The standard InChI is InChI=1S/C13H18N2O3/c1-10(17)15-12(9-16)13(18)8-14-7-11-5-3-2-4-6-11/h2-6,12,14,16H,7-9H2,1H3,(H,15,17). The number of benzene rings is 1. The van der Waals surface area contributed by atoms with Gasteiger partial charge >= 0.3 is 0 Å². The fourth-order valence-electron chi connectivity index (χ4n) is 1.52. The number of ketones is 1. The first-order chi connectivity index (χ1) is 8.63. The molecule has 0 aliphatic rings. The maximum absolute atomic E-state index is 11.7. The van der Waals surface area contributed by atoms with Gasteiger partial charge in [-0.1, -0.05) is 30.3 Å². The maximum atomic E-state index is 11.7. The molecule has 0 fully saturated rings. The Morgan fingerprint density at radius 3 is 2.50 bits per heavy atom. The molecule has 0 saturated heterocycles. The minimum absolute atomic E-state index is 0.112. The lowest BCUT2D eigenvalue weighted by molar-refractivity contribution is -0.127. The summed E-state index contributed by atoms with van der Waals surface area (Å²) in [7, 11) is 0. The number of carbonyl (C=O) groups excluding carboxylic acids is 2. The Labute approximate surface area is 106 Å². The Kier molecular flexibility index (Phi) is 6.04. The minimum Gasteiger partial charge on any atom is -0.394 e. The third-order valence-corrected chi connectivity index (χ3v) is 2.42. The van der Waals surface area contributed by atoms with Crippen molar-refractivity contribution in [2.75, 3.05) is 13.2 Å². The molecule has 5 nitrogen and oxygen atoms in total. The van der Waals surface area contributed by atoms with Gasteiger partial charge in [-0.3, -0.25) is 9.59 Å². The molecule has 0 spiro atoms. The molecule has 98 valence electrons. The van der Waals surface area contributed by atoms with Crippen LogP contribution in [0.1, 0.15) is 12.5 Å². The van der Waals surface area contributed by atoms with Crippen molar-refractivity contribution in [3.8, 4) is 0 Å². The molecule has 1 amide bonds. The molecule has 0 aliphatic carbocycles. The Morgan fingerprint density at radius 1 is 1.28 bits per heavy atom. The van der Waals surface area contributed by atoms with Gasteiger partial charge in [-0.15, -0.1) is 0 Å². The molecule has 1 unspecified atom stereocenters. The van der Waals surface area contributed by atoms with Crippen molar-refractivity contribution < 1.29 is 14.7 Å². The normalized spacial score (nSPS) is 11.9. The second kappa shape index (κ2) is 7.58. The van der Waals surface area contributed by atoms with Crippen LogP contribution in [0.15, 0.2) is 30.3 Å². The summed E-state index contributed by atoms with van der Waals surface area (Å²) >= 11 is 0. The van der Waals surface area contributed by atoms with Crippen LogP contribution in [0.4, 0.5) is 0 Å². The van der Waals surface area contributed by atoms with Crippen LogP contribution in [0.5, 0.6) is 0 Å². The molecular formula is C13H18N2O3. The van der Waals surface area contributed by atoms with Crippen molar-refractivity contribution in [1.82, 2.24) is 10.6 Å². The number of nitrogens with one attached hydrogen (secondary N) is 2. The van der Waals surface area contributed by atoms with Crippen molar-refractivity contribution >= 4 is 11.7 Å². The number of aliphatic hydroxyl groups is 1. The lowest BCUT2D eigenvalue weighted by atomic mass is 10.2. The van der Waals surface area contributed by atoms with Crippen LogP contribution in [0.3, 0.4) is 0 Å². The van der Waals surface area contributed by atoms with E-state index in [1.54, 1.807) is 0 Å². The molecule has 1 atom stereocenters. The quantitative estimate of drug-likeness (QED) is 0.628. The topological polar surface area (TPSA) is 78.4 Å². The van der Waals surface area contributed by atoms with E-state index >= 15 is 0 Å². The zero-order chi connectivity index (χ0) is 13.4. The van der Waals surface area contributed by atoms with Crippen LogP contribution < -0.4 is 10.6 Å². The van der Waals surface area contributed by atoms with E-state index in [0.717, 1.165) is 5.56 Å². The van der Waals surface area contributed by atoms with Crippen molar-refractivity contribution in [3.05, 3.63) is 35.9 Å². The highest BCUT2D eigenvalue weighted by Gasteiger charge is 2.17. The van der Waals surface area contributed by atoms with Gasteiger partial charge in [0, 0.05) is 13.5 Å². The lowest BCUT2D eigenvalue weighted by Gasteiger charge is -2.14. The zero-order valence-corrected chi connectivity index (χ0v) is 10.3. The van der Waals surface area contributed by atoms with Gasteiger partial charge in [-0.25, -0.2) is 0 Å². The number of rotatable bonds is 7. The van der Waals surface area contributed by atoms with E-state index < -0.39 is 6.04 Å². The first-order valence-electron chi connectivity index (χ1n) is 5.78. The summed E-state index contributed by atoms with van der Waals surface area (Å²) in [5, 5.41) is 14.4. The van der Waals surface area contributed by atoms with Gasteiger partial charge < -0.3 is 15.7 Å². The second-order valence-corrected chi connectivity index (χ2v) is 3.99. The molecule has 0 aliphatic heterocycles. The van der Waals surface area contributed by atoms with E-state index in [1.807, 2.05) is 30.3 Å². The Bertz CT molecular complexity index is 392. The Balaban J connectivity index is 2.34. The van der Waals surface area contributed by atoms with Gasteiger partial charge in [-0.05, 0) is 5.56 Å². The Hall–Kier alpha value is -1.72. The summed E-state index contributed by atoms with van der Waals surface area (Å²) < 4.78 is 0. The molecule has 0 bridgehead atoms. The number of aliphatic hydroxyl groups excluding tert-OH is 1. The molecule has 0 radical (unpaired) electrons. The summed E-state index contributed by atoms with van der Waals surface area (Å²) in [5.74, 6) is -0.561. The van der Waals surface area contributed by atoms with E-state index in [1.165, 1.54) is 6.92 Å². The van der Waals surface area contributed by atoms with Gasteiger partial charge in [0.25, 0.3) is 0 Å². The molecule has 0 aromatic heterocycles. The van der Waals surface area contributed by atoms with E-state index in [0.29, 0.717) is 6.54 Å². The second-order valence-electron chi connectivity index (χ2n) is 3.99. The smallest absolute Gasteiger partial charge is 0.217 e. The van der Waals surface area contributed by atoms with E-state index in [9.17, 15) is 9.59 Å². The SMILES string of the molecule is CC(=O)NC(CO)C(=O)CNCc1ccccc1. The van der Waals surface area contributed by atoms with Crippen LogP contribution in [0, 0.1) is 0 Å². The molecule has 0 heterocycles. The number of Topliss-reactive ketones (excluding diaryl/α,β-unsaturated/α-hetero) is 1. The number of hydrogen-bond donors (Lipinski definition) is 3. The summed E-state index contributed by atoms with van der Waals surface area (Å²) in [5.41, 5.74) is 1.07. The predicted octanol–water partition coefficient (Wildman–Crippen LogP) is -0.158. The molecule has 3 N–H and O–H groups in total. The highest BCUT2D eigenvalue weighted by atomic mass is 16.3. The number of hydrogen-bond acceptors (Lipinski definition) is 4. The highest BCUT2D eigenvalue weighted by Crippen LogP contribution is 1.97. The maximum Gasteiger partial charge on any atom is 0.217 e. The van der Waals surface area contributed by atoms with Crippen LogP contribution in [0.2, 0.25) is 0 Å². The first kappa shape index (κ1) is 14.3. The lowest BCUT2D eigenvalue weighted by Crippen LogP contribution is -2.45. The van der Waals surface area contributed by atoms with Gasteiger partial charge in [0.2, 0.25) is 5.91 Å². The highest BCUT2D eigenvalue weighted by molar-refractivity contribution is 5.89. The molecule has 1 aromatic carbocycles. The van der Waals surface area contributed by atoms with Crippen molar-refractivity contribution in [1.29, 1.82) is 0 Å². The van der Waals surface area contributed by atoms with Gasteiger partial charge in [0.15, 0.2) is 5.78 Å². The fraction of sp³-hybridized carbons (Fsp3) is 0.385. The predicted molar refractivity (Wildman–Crippen MR) is 67.8 cm³/mol. The molecular weight excluding hydrogens is 232 g/mol. The number of amides is 1.